The Morgan fingerprint density at radius 3 is 2.75 bits per heavy atom. The van der Waals surface area contributed by atoms with Crippen LogP contribution in [0.1, 0.15) is 43.5 Å². The van der Waals surface area contributed by atoms with Crippen molar-refractivity contribution < 1.29 is 24.2 Å². The summed E-state index contributed by atoms with van der Waals surface area (Å²) < 4.78 is 9.95. The number of methoxy groups -OCH3 is 1. The van der Waals surface area contributed by atoms with E-state index >= 15 is 0 Å². The molecule has 6 heteroatoms. The number of para-hydroxylation sites is 1. The van der Waals surface area contributed by atoms with Crippen LogP contribution >= 0.6 is 0 Å². The summed E-state index contributed by atoms with van der Waals surface area (Å²) in [6.45, 7) is 3.96. The van der Waals surface area contributed by atoms with Gasteiger partial charge in [-0.25, -0.2) is 4.79 Å². The number of carbonyl (C=O) groups is 2. The SMILES string of the molecule is COc1cccc(C(=O)OCC(=O)N[C@@H]2CCC[C@@H](C)[C@@H]2C)c1O. The van der Waals surface area contributed by atoms with Crippen LogP contribution < -0.4 is 10.1 Å². The number of benzene rings is 1. The minimum atomic E-state index is -0.758. The number of phenolic OH excluding ortho intramolecular Hbond substituents is 1. The lowest BCUT2D eigenvalue weighted by Crippen LogP contribution is -2.45. The Labute approximate surface area is 142 Å². The fourth-order valence-electron chi connectivity index (χ4n) is 3.09. The van der Waals surface area contributed by atoms with Crippen LogP contribution in [0.3, 0.4) is 0 Å². The van der Waals surface area contributed by atoms with E-state index in [9.17, 15) is 14.7 Å². The molecule has 0 spiro atoms. The maximum Gasteiger partial charge on any atom is 0.342 e. The summed E-state index contributed by atoms with van der Waals surface area (Å²) in [5.41, 5.74) is -0.0261. The minimum Gasteiger partial charge on any atom is -0.504 e. The van der Waals surface area contributed by atoms with Gasteiger partial charge < -0.3 is 19.9 Å². The number of aromatic hydroxyl groups is 1. The molecule has 2 N–H and O–H groups in total. The highest BCUT2D eigenvalue weighted by Crippen LogP contribution is 2.30. The number of ether oxygens (including phenoxy) is 2. The molecule has 1 aromatic rings. The van der Waals surface area contributed by atoms with Crippen molar-refractivity contribution >= 4 is 11.9 Å². The summed E-state index contributed by atoms with van der Waals surface area (Å²) in [6.07, 6.45) is 3.22. The number of hydrogen-bond donors (Lipinski definition) is 2. The van der Waals surface area contributed by atoms with Gasteiger partial charge in [0.2, 0.25) is 0 Å². The number of amides is 1. The van der Waals surface area contributed by atoms with E-state index in [2.05, 4.69) is 19.2 Å². The van der Waals surface area contributed by atoms with Crippen LogP contribution in [0.25, 0.3) is 0 Å². The molecule has 2 rings (SSSR count). The molecule has 0 aliphatic heterocycles. The van der Waals surface area contributed by atoms with Crippen LogP contribution in [-0.2, 0) is 9.53 Å². The van der Waals surface area contributed by atoms with Crippen molar-refractivity contribution in [3.8, 4) is 11.5 Å². The Morgan fingerprint density at radius 1 is 1.29 bits per heavy atom. The smallest absolute Gasteiger partial charge is 0.342 e. The molecular formula is C18H25NO5. The lowest BCUT2D eigenvalue weighted by atomic mass is 9.78. The highest BCUT2D eigenvalue weighted by Gasteiger charge is 2.28. The van der Waals surface area contributed by atoms with Crippen LogP contribution in [-0.4, -0.2) is 36.7 Å². The predicted octanol–water partition coefficient (Wildman–Crippen LogP) is 2.50. The summed E-state index contributed by atoms with van der Waals surface area (Å²) in [6, 6.07) is 4.64. The predicted molar refractivity (Wildman–Crippen MR) is 89.1 cm³/mol. The van der Waals surface area contributed by atoms with E-state index in [4.69, 9.17) is 9.47 Å². The third-order valence-electron chi connectivity index (χ3n) is 4.83. The number of phenols is 1. The Balaban J connectivity index is 1.88. The Kier molecular flexibility index (Phi) is 6.06. The first-order valence-electron chi connectivity index (χ1n) is 8.26. The van der Waals surface area contributed by atoms with E-state index in [1.165, 1.54) is 25.7 Å². The molecule has 0 bridgehead atoms. The molecule has 132 valence electrons. The fraction of sp³-hybridized carbons (Fsp3) is 0.556. The van der Waals surface area contributed by atoms with Gasteiger partial charge in [0, 0.05) is 6.04 Å². The number of rotatable bonds is 5. The maximum atomic E-state index is 12.0. The number of nitrogens with one attached hydrogen (secondary N) is 1. The van der Waals surface area contributed by atoms with E-state index in [0.29, 0.717) is 11.8 Å². The molecule has 3 atom stereocenters. The van der Waals surface area contributed by atoms with Gasteiger partial charge in [-0.2, -0.15) is 0 Å². The van der Waals surface area contributed by atoms with E-state index in [-0.39, 0.29) is 35.6 Å². The van der Waals surface area contributed by atoms with Crippen molar-refractivity contribution in [1.29, 1.82) is 0 Å². The summed E-state index contributed by atoms with van der Waals surface area (Å²) in [4.78, 5) is 24.1. The highest BCUT2D eigenvalue weighted by atomic mass is 16.5. The molecule has 0 saturated heterocycles. The van der Waals surface area contributed by atoms with Crippen molar-refractivity contribution in [1.82, 2.24) is 5.32 Å². The van der Waals surface area contributed by atoms with Crippen LogP contribution in [0.2, 0.25) is 0 Å². The van der Waals surface area contributed by atoms with Gasteiger partial charge >= 0.3 is 5.97 Å². The van der Waals surface area contributed by atoms with Gasteiger partial charge in [-0.3, -0.25) is 4.79 Å². The molecule has 1 aliphatic rings. The van der Waals surface area contributed by atoms with Gasteiger partial charge in [-0.15, -0.1) is 0 Å². The number of esters is 1. The van der Waals surface area contributed by atoms with Crippen LogP contribution in [0.5, 0.6) is 11.5 Å². The zero-order valence-electron chi connectivity index (χ0n) is 14.4. The van der Waals surface area contributed by atoms with Gasteiger partial charge in [0.25, 0.3) is 5.91 Å². The molecule has 1 saturated carbocycles. The molecule has 0 aromatic heterocycles. The van der Waals surface area contributed by atoms with E-state index in [1.54, 1.807) is 6.07 Å². The topological polar surface area (TPSA) is 84.9 Å². The van der Waals surface area contributed by atoms with Gasteiger partial charge in [0.05, 0.1) is 7.11 Å². The van der Waals surface area contributed by atoms with E-state index in [1.807, 2.05) is 0 Å². The van der Waals surface area contributed by atoms with Gasteiger partial charge in [0.1, 0.15) is 5.56 Å². The summed E-state index contributed by atoms with van der Waals surface area (Å²) in [7, 11) is 1.39. The van der Waals surface area contributed by atoms with Gasteiger partial charge in [0.15, 0.2) is 18.1 Å². The molecule has 6 nitrogen and oxygen atoms in total. The molecule has 0 unspecified atom stereocenters. The second-order valence-electron chi connectivity index (χ2n) is 6.37. The fourth-order valence-corrected chi connectivity index (χ4v) is 3.09. The maximum absolute atomic E-state index is 12.0. The van der Waals surface area contributed by atoms with Crippen molar-refractivity contribution in [2.75, 3.05) is 13.7 Å². The highest BCUT2D eigenvalue weighted by molar-refractivity contribution is 5.94. The molecule has 0 radical (unpaired) electrons. The number of carbonyl (C=O) groups excluding carboxylic acids is 2. The van der Waals surface area contributed by atoms with Crippen LogP contribution in [0.15, 0.2) is 18.2 Å². The molecule has 1 amide bonds. The lowest BCUT2D eigenvalue weighted by Gasteiger charge is -2.34. The first-order valence-corrected chi connectivity index (χ1v) is 8.26. The average Bonchev–Trinajstić information content (AvgIpc) is 2.57. The van der Waals surface area contributed by atoms with Gasteiger partial charge in [-0.1, -0.05) is 32.8 Å². The third kappa shape index (κ3) is 4.19. The van der Waals surface area contributed by atoms with E-state index < -0.39 is 5.97 Å². The van der Waals surface area contributed by atoms with E-state index in [0.717, 1.165) is 12.8 Å². The summed E-state index contributed by atoms with van der Waals surface area (Å²) in [5.74, 6) is -0.219. The quantitative estimate of drug-likeness (QED) is 0.808. The van der Waals surface area contributed by atoms with Crippen molar-refractivity contribution in [2.24, 2.45) is 11.8 Å². The van der Waals surface area contributed by atoms with Crippen LogP contribution in [0, 0.1) is 11.8 Å². The second-order valence-corrected chi connectivity index (χ2v) is 6.37. The summed E-state index contributed by atoms with van der Waals surface area (Å²) in [5, 5.41) is 12.9. The Morgan fingerprint density at radius 2 is 2.04 bits per heavy atom. The molecule has 1 aliphatic carbocycles. The largest absolute Gasteiger partial charge is 0.504 e. The second kappa shape index (κ2) is 8.04. The molecular weight excluding hydrogens is 310 g/mol. The standard InChI is InChI=1S/C18H25NO5/c1-11-6-4-8-14(12(11)2)19-16(20)10-24-18(22)13-7-5-9-15(23-3)17(13)21/h5,7,9,11-12,14,21H,4,6,8,10H2,1-3H3,(H,19,20)/t11-,12+,14-/m1/s1. The first kappa shape index (κ1) is 18.1. The molecule has 0 heterocycles. The number of hydrogen-bond acceptors (Lipinski definition) is 5. The van der Waals surface area contributed by atoms with Crippen molar-refractivity contribution in [3.63, 3.8) is 0 Å². The van der Waals surface area contributed by atoms with Gasteiger partial charge in [-0.05, 0) is 30.4 Å². The van der Waals surface area contributed by atoms with Crippen molar-refractivity contribution in [2.45, 2.75) is 39.2 Å². The molecule has 1 aromatic carbocycles. The Bertz CT molecular complexity index is 601. The lowest BCUT2D eigenvalue weighted by molar-refractivity contribution is -0.125. The Hall–Kier alpha value is -2.24. The summed E-state index contributed by atoms with van der Waals surface area (Å²) >= 11 is 0. The average molecular weight is 335 g/mol. The third-order valence-corrected chi connectivity index (χ3v) is 4.83. The zero-order valence-corrected chi connectivity index (χ0v) is 14.4. The molecule has 24 heavy (non-hydrogen) atoms. The van der Waals surface area contributed by atoms with Crippen LogP contribution in [0.4, 0.5) is 0 Å². The zero-order chi connectivity index (χ0) is 17.7. The minimum absolute atomic E-state index is 0.0261. The first-order chi connectivity index (χ1) is 11.4. The monoisotopic (exact) mass is 335 g/mol. The normalized spacial score (nSPS) is 23.4. The molecule has 1 fully saturated rings. The van der Waals surface area contributed by atoms with Crippen molar-refractivity contribution in [3.05, 3.63) is 23.8 Å².